The van der Waals surface area contributed by atoms with Gasteiger partial charge in [0.2, 0.25) is 0 Å². The molecule has 0 radical (unpaired) electrons. The van der Waals surface area contributed by atoms with E-state index in [0.29, 0.717) is 12.3 Å². The van der Waals surface area contributed by atoms with Gasteiger partial charge in [-0.1, -0.05) is 23.9 Å². The predicted octanol–water partition coefficient (Wildman–Crippen LogP) is 3.63. The first kappa shape index (κ1) is 15.2. The van der Waals surface area contributed by atoms with Crippen LogP contribution in [-0.2, 0) is 6.54 Å². The van der Waals surface area contributed by atoms with E-state index in [-0.39, 0.29) is 12.1 Å². The van der Waals surface area contributed by atoms with Crippen LogP contribution in [0.3, 0.4) is 0 Å². The number of amides is 2. The first-order valence-electron chi connectivity index (χ1n) is 7.80. The summed E-state index contributed by atoms with van der Waals surface area (Å²) in [6, 6.07) is 9.16. The fourth-order valence-corrected chi connectivity index (χ4v) is 2.92. The van der Waals surface area contributed by atoms with Gasteiger partial charge in [0.25, 0.3) is 0 Å². The number of terminal acetylenes is 1. The molecule has 118 valence electrons. The Bertz CT molecular complexity index is 680. The van der Waals surface area contributed by atoms with Gasteiger partial charge < -0.3 is 14.7 Å². The number of nitrogens with one attached hydrogen (secondary N) is 1. The topological polar surface area (TPSA) is 58.4 Å². The lowest BCUT2D eigenvalue weighted by Gasteiger charge is -2.28. The molecule has 3 rings (SSSR count). The second-order valence-corrected chi connectivity index (χ2v) is 5.70. The van der Waals surface area contributed by atoms with Crippen LogP contribution in [0.1, 0.15) is 37.0 Å². The molecule has 5 nitrogen and oxygen atoms in total. The molecular formula is C18H19N3O2. The Morgan fingerprint density at radius 3 is 2.65 bits per heavy atom. The van der Waals surface area contributed by atoms with Crippen LogP contribution in [0.15, 0.2) is 41.1 Å². The molecule has 1 aliphatic rings. The number of hydrogen-bond donors (Lipinski definition) is 1. The Labute approximate surface area is 135 Å². The van der Waals surface area contributed by atoms with Gasteiger partial charge in [-0.2, -0.15) is 0 Å². The minimum absolute atomic E-state index is 0.123. The van der Waals surface area contributed by atoms with Gasteiger partial charge in [0.05, 0.1) is 12.7 Å². The quantitative estimate of drug-likeness (QED) is 0.877. The number of nitrogens with zero attached hydrogens (tertiary/aromatic N) is 2. The standard InChI is InChI=1S/C18H19N3O2/c1-2-14-7-9-15(10-8-14)20-18(22)21(16-5-3-4-6-16)13-17-11-12-19-23-17/h1,7-12,16H,3-6,13H2,(H,20,22). The molecule has 1 heterocycles. The summed E-state index contributed by atoms with van der Waals surface area (Å²) in [5.41, 5.74) is 1.52. The normalized spacial score (nSPS) is 14.4. The van der Waals surface area contributed by atoms with E-state index in [1.54, 1.807) is 12.3 Å². The van der Waals surface area contributed by atoms with Crippen molar-refractivity contribution in [3.8, 4) is 12.3 Å². The zero-order chi connectivity index (χ0) is 16.1. The SMILES string of the molecule is C#Cc1ccc(NC(=O)N(Cc2ccno2)C2CCCC2)cc1. The first-order valence-corrected chi connectivity index (χ1v) is 7.80. The van der Waals surface area contributed by atoms with Crippen molar-refractivity contribution in [3.05, 3.63) is 47.9 Å². The monoisotopic (exact) mass is 309 g/mol. The summed E-state index contributed by atoms with van der Waals surface area (Å²) in [5, 5.41) is 6.65. The Hall–Kier alpha value is -2.74. The van der Waals surface area contributed by atoms with Crippen LogP contribution < -0.4 is 5.32 Å². The highest BCUT2D eigenvalue weighted by Crippen LogP contribution is 2.25. The van der Waals surface area contributed by atoms with Gasteiger partial charge in [-0.3, -0.25) is 0 Å². The molecule has 2 amide bonds. The lowest BCUT2D eigenvalue weighted by molar-refractivity contribution is 0.175. The second-order valence-electron chi connectivity index (χ2n) is 5.70. The van der Waals surface area contributed by atoms with Gasteiger partial charge in [-0.15, -0.1) is 6.42 Å². The maximum atomic E-state index is 12.7. The Kier molecular flexibility index (Phi) is 4.62. The van der Waals surface area contributed by atoms with Crippen LogP contribution in [-0.4, -0.2) is 22.1 Å². The Morgan fingerprint density at radius 2 is 2.04 bits per heavy atom. The minimum atomic E-state index is -0.123. The molecule has 2 aromatic rings. The second kappa shape index (κ2) is 7.01. The van der Waals surface area contributed by atoms with Gasteiger partial charge >= 0.3 is 6.03 Å². The minimum Gasteiger partial charge on any atom is -0.360 e. The van der Waals surface area contributed by atoms with Crippen LogP contribution in [0.2, 0.25) is 0 Å². The highest BCUT2D eigenvalue weighted by molar-refractivity contribution is 5.89. The largest absolute Gasteiger partial charge is 0.360 e. The van der Waals surface area contributed by atoms with E-state index in [1.165, 1.54) is 0 Å². The van der Waals surface area contributed by atoms with E-state index in [4.69, 9.17) is 10.9 Å². The molecule has 1 aliphatic carbocycles. The lowest BCUT2D eigenvalue weighted by Crippen LogP contribution is -2.41. The van der Waals surface area contributed by atoms with Crippen molar-refractivity contribution in [1.82, 2.24) is 10.1 Å². The van der Waals surface area contributed by atoms with Crippen molar-refractivity contribution in [1.29, 1.82) is 0 Å². The number of anilines is 1. The molecule has 0 saturated heterocycles. The van der Waals surface area contributed by atoms with Crippen molar-refractivity contribution in [2.45, 2.75) is 38.3 Å². The van der Waals surface area contributed by atoms with Crippen LogP contribution in [0.4, 0.5) is 10.5 Å². The third-order valence-electron chi connectivity index (χ3n) is 4.15. The zero-order valence-electron chi connectivity index (χ0n) is 12.9. The fraction of sp³-hybridized carbons (Fsp3) is 0.333. The van der Waals surface area contributed by atoms with Gasteiger partial charge in [-0.25, -0.2) is 4.79 Å². The molecule has 1 N–H and O–H groups in total. The van der Waals surface area contributed by atoms with Gasteiger partial charge in [0.15, 0.2) is 5.76 Å². The average Bonchev–Trinajstić information content (AvgIpc) is 3.27. The van der Waals surface area contributed by atoms with E-state index in [0.717, 1.165) is 36.9 Å². The number of benzene rings is 1. The summed E-state index contributed by atoms with van der Waals surface area (Å²) in [6.07, 6.45) is 11.3. The fourth-order valence-electron chi connectivity index (χ4n) is 2.92. The highest BCUT2D eigenvalue weighted by Gasteiger charge is 2.27. The molecule has 1 saturated carbocycles. The van der Waals surface area contributed by atoms with Crippen molar-refractivity contribution < 1.29 is 9.32 Å². The third kappa shape index (κ3) is 3.72. The summed E-state index contributed by atoms with van der Waals surface area (Å²) in [5.74, 6) is 3.25. The number of rotatable bonds is 4. The highest BCUT2D eigenvalue weighted by atomic mass is 16.5. The van der Waals surface area contributed by atoms with Crippen LogP contribution in [0.25, 0.3) is 0 Å². The number of urea groups is 1. The van der Waals surface area contributed by atoms with Crippen LogP contribution in [0.5, 0.6) is 0 Å². The first-order chi connectivity index (χ1) is 11.3. The maximum Gasteiger partial charge on any atom is 0.322 e. The van der Waals surface area contributed by atoms with Gasteiger partial charge in [0.1, 0.15) is 0 Å². The molecule has 0 spiro atoms. The third-order valence-corrected chi connectivity index (χ3v) is 4.15. The molecule has 0 aliphatic heterocycles. The van der Waals surface area contributed by atoms with E-state index >= 15 is 0 Å². The van der Waals surface area contributed by atoms with Gasteiger partial charge in [-0.05, 0) is 37.1 Å². The smallest absolute Gasteiger partial charge is 0.322 e. The predicted molar refractivity (Wildman–Crippen MR) is 87.7 cm³/mol. The Balaban J connectivity index is 1.72. The summed E-state index contributed by atoms with van der Waals surface area (Å²) in [6.45, 7) is 0.430. The van der Waals surface area contributed by atoms with E-state index < -0.39 is 0 Å². The summed E-state index contributed by atoms with van der Waals surface area (Å²) in [7, 11) is 0. The van der Waals surface area contributed by atoms with Crippen molar-refractivity contribution in [3.63, 3.8) is 0 Å². The van der Waals surface area contributed by atoms with E-state index in [1.807, 2.05) is 29.2 Å². The molecule has 5 heteroatoms. The number of carbonyl (C=O) groups excluding carboxylic acids is 1. The zero-order valence-corrected chi connectivity index (χ0v) is 12.9. The molecule has 23 heavy (non-hydrogen) atoms. The molecule has 0 atom stereocenters. The van der Waals surface area contributed by atoms with Crippen molar-refractivity contribution in [2.24, 2.45) is 0 Å². The summed E-state index contributed by atoms with van der Waals surface area (Å²) < 4.78 is 5.16. The summed E-state index contributed by atoms with van der Waals surface area (Å²) >= 11 is 0. The van der Waals surface area contributed by atoms with Crippen LogP contribution in [0, 0.1) is 12.3 Å². The number of carbonyl (C=O) groups is 1. The molecule has 1 fully saturated rings. The van der Waals surface area contributed by atoms with E-state index in [2.05, 4.69) is 16.4 Å². The molecular weight excluding hydrogens is 290 g/mol. The molecule has 1 aromatic heterocycles. The molecule has 1 aromatic carbocycles. The van der Waals surface area contributed by atoms with Crippen LogP contribution >= 0.6 is 0 Å². The Morgan fingerprint density at radius 1 is 1.30 bits per heavy atom. The number of aromatic nitrogens is 1. The summed E-state index contributed by atoms with van der Waals surface area (Å²) in [4.78, 5) is 14.5. The van der Waals surface area contributed by atoms with Gasteiger partial charge in [0, 0.05) is 23.4 Å². The molecule has 0 unspecified atom stereocenters. The number of hydrogen-bond acceptors (Lipinski definition) is 3. The molecule has 0 bridgehead atoms. The lowest BCUT2D eigenvalue weighted by atomic mass is 10.2. The van der Waals surface area contributed by atoms with Crippen molar-refractivity contribution >= 4 is 11.7 Å². The maximum absolute atomic E-state index is 12.7. The van der Waals surface area contributed by atoms with Crippen molar-refractivity contribution in [2.75, 3.05) is 5.32 Å². The van der Waals surface area contributed by atoms with E-state index in [9.17, 15) is 4.79 Å². The average molecular weight is 309 g/mol.